The summed E-state index contributed by atoms with van der Waals surface area (Å²) in [6, 6.07) is 5.05. The second kappa shape index (κ2) is 7.54. The summed E-state index contributed by atoms with van der Waals surface area (Å²) < 4.78 is 41.2. The Hall–Kier alpha value is -2.58. The van der Waals surface area contributed by atoms with Gasteiger partial charge in [-0.15, -0.1) is 0 Å². The number of hydrogen-bond donors (Lipinski definition) is 1. The maximum Gasteiger partial charge on any atom is 0.422 e. The molecule has 6 nitrogen and oxygen atoms in total. The van der Waals surface area contributed by atoms with Gasteiger partial charge in [0.15, 0.2) is 6.61 Å². The summed E-state index contributed by atoms with van der Waals surface area (Å²) in [6.07, 6.45) is 0.844. The lowest BCUT2D eigenvalue weighted by molar-refractivity contribution is -0.154. The first-order chi connectivity index (χ1) is 12.0. The zero-order chi connectivity index (χ0) is 17.7. The molecule has 9 heteroatoms. The summed E-state index contributed by atoms with van der Waals surface area (Å²) in [5.41, 5.74) is 0.744. The molecule has 0 unspecified atom stereocenters. The number of halogens is 3. The van der Waals surface area contributed by atoms with E-state index in [1.54, 1.807) is 6.07 Å². The molecule has 0 spiro atoms. The Balaban J connectivity index is 1.59. The molecule has 0 radical (unpaired) electrons. The quantitative estimate of drug-likeness (QED) is 0.861. The zero-order valence-corrected chi connectivity index (χ0v) is 13.5. The van der Waals surface area contributed by atoms with E-state index in [9.17, 15) is 13.2 Å². The molecular formula is C16H18F3N5O. The number of ether oxygens (including phenoxy) is 1. The van der Waals surface area contributed by atoms with Gasteiger partial charge in [-0.2, -0.15) is 13.2 Å². The van der Waals surface area contributed by atoms with Gasteiger partial charge in [0, 0.05) is 38.0 Å². The van der Waals surface area contributed by atoms with Crippen molar-refractivity contribution in [3.8, 4) is 5.88 Å². The SMILES string of the molecule is FC(F)(F)COc1cc(CNc2cc(N3CCCC3)ncn2)ccn1. The average Bonchev–Trinajstić information content (AvgIpc) is 3.13. The maximum absolute atomic E-state index is 12.2. The first-order valence-electron chi connectivity index (χ1n) is 7.95. The molecule has 1 aliphatic rings. The first-order valence-corrected chi connectivity index (χ1v) is 7.95. The summed E-state index contributed by atoms with van der Waals surface area (Å²) in [5, 5.41) is 3.14. The highest BCUT2D eigenvalue weighted by Crippen LogP contribution is 2.20. The molecular weight excluding hydrogens is 335 g/mol. The van der Waals surface area contributed by atoms with Crippen molar-refractivity contribution in [2.45, 2.75) is 25.6 Å². The molecule has 1 aliphatic heterocycles. The first kappa shape index (κ1) is 17.2. The minimum absolute atomic E-state index is 0.0583. The summed E-state index contributed by atoms with van der Waals surface area (Å²) in [7, 11) is 0. The molecule has 0 aromatic carbocycles. The molecule has 2 aromatic rings. The molecule has 1 N–H and O–H groups in total. The lowest BCUT2D eigenvalue weighted by Crippen LogP contribution is -2.19. The molecule has 1 saturated heterocycles. The van der Waals surface area contributed by atoms with Gasteiger partial charge in [-0.3, -0.25) is 0 Å². The van der Waals surface area contributed by atoms with Gasteiger partial charge in [-0.1, -0.05) is 0 Å². The van der Waals surface area contributed by atoms with Crippen molar-refractivity contribution in [3.63, 3.8) is 0 Å². The van der Waals surface area contributed by atoms with E-state index in [0.717, 1.165) is 37.3 Å². The van der Waals surface area contributed by atoms with E-state index >= 15 is 0 Å². The zero-order valence-electron chi connectivity index (χ0n) is 13.5. The number of alkyl halides is 3. The van der Waals surface area contributed by atoms with Crippen LogP contribution < -0.4 is 15.0 Å². The molecule has 0 amide bonds. The second-order valence-corrected chi connectivity index (χ2v) is 5.72. The maximum atomic E-state index is 12.2. The van der Waals surface area contributed by atoms with Gasteiger partial charge in [0.1, 0.15) is 18.0 Å². The van der Waals surface area contributed by atoms with Crippen LogP contribution in [0.2, 0.25) is 0 Å². The average molecular weight is 353 g/mol. The smallest absolute Gasteiger partial charge is 0.422 e. The van der Waals surface area contributed by atoms with Crippen LogP contribution in [-0.2, 0) is 6.54 Å². The molecule has 0 bridgehead atoms. The van der Waals surface area contributed by atoms with E-state index in [2.05, 4.69) is 29.9 Å². The van der Waals surface area contributed by atoms with Crippen molar-refractivity contribution >= 4 is 11.6 Å². The molecule has 25 heavy (non-hydrogen) atoms. The van der Waals surface area contributed by atoms with Crippen LogP contribution in [0.4, 0.5) is 24.8 Å². The Bertz CT molecular complexity index is 704. The molecule has 0 atom stereocenters. The Morgan fingerprint density at radius 3 is 2.68 bits per heavy atom. The highest BCUT2D eigenvalue weighted by Gasteiger charge is 2.28. The number of pyridine rings is 1. The van der Waals surface area contributed by atoms with Gasteiger partial charge in [0.2, 0.25) is 5.88 Å². The molecule has 3 rings (SSSR count). The lowest BCUT2D eigenvalue weighted by atomic mass is 10.2. The van der Waals surface area contributed by atoms with Crippen molar-refractivity contribution in [1.29, 1.82) is 0 Å². The van der Waals surface area contributed by atoms with E-state index in [0.29, 0.717) is 12.4 Å². The number of nitrogens with zero attached hydrogens (tertiary/aromatic N) is 4. The minimum atomic E-state index is -4.39. The van der Waals surface area contributed by atoms with E-state index in [4.69, 9.17) is 0 Å². The van der Waals surface area contributed by atoms with E-state index in [1.807, 2.05) is 6.07 Å². The van der Waals surface area contributed by atoms with Crippen LogP contribution in [0.3, 0.4) is 0 Å². The third-order valence-corrected chi connectivity index (χ3v) is 3.74. The topological polar surface area (TPSA) is 63.2 Å². The predicted octanol–water partition coefficient (Wildman–Crippen LogP) is 3.03. The molecule has 2 aromatic heterocycles. The van der Waals surface area contributed by atoms with Crippen LogP contribution in [0.5, 0.6) is 5.88 Å². The Labute approximate surface area is 143 Å². The van der Waals surface area contributed by atoms with Crippen LogP contribution in [0.15, 0.2) is 30.7 Å². The summed E-state index contributed by atoms with van der Waals surface area (Å²) >= 11 is 0. The Morgan fingerprint density at radius 1 is 1.12 bits per heavy atom. The van der Waals surface area contributed by atoms with Gasteiger partial charge in [-0.25, -0.2) is 15.0 Å². The fourth-order valence-corrected chi connectivity index (χ4v) is 2.55. The highest BCUT2D eigenvalue weighted by molar-refractivity contribution is 5.49. The van der Waals surface area contributed by atoms with Gasteiger partial charge < -0.3 is 15.0 Å². The normalized spacial score (nSPS) is 14.6. The third-order valence-electron chi connectivity index (χ3n) is 3.74. The molecule has 3 heterocycles. The molecule has 0 aliphatic carbocycles. The van der Waals surface area contributed by atoms with E-state index < -0.39 is 12.8 Å². The van der Waals surface area contributed by atoms with Crippen LogP contribution in [0.1, 0.15) is 18.4 Å². The van der Waals surface area contributed by atoms with Crippen molar-refractivity contribution in [1.82, 2.24) is 15.0 Å². The summed E-state index contributed by atoms with van der Waals surface area (Å²) in [6.45, 7) is 1.00. The van der Waals surface area contributed by atoms with Crippen molar-refractivity contribution in [2.75, 3.05) is 29.9 Å². The van der Waals surface area contributed by atoms with E-state index in [1.165, 1.54) is 18.6 Å². The van der Waals surface area contributed by atoms with Crippen LogP contribution in [-0.4, -0.2) is 40.8 Å². The summed E-state index contributed by atoms with van der Waals surface area (Å²) in [5.74, 6) is 1.47. The number of nitrogens with one attached hydrogen (secondary N) is 1. The van der Waals surface area contributed by atoms with Crippen LogP contribution in [0, 0.1) is 0 Å². The standard InChI is InChI=1S/C16H18F3N5O/c17-16(18,19)10-25-15-7-12(3-4-20-15)9-21-13-8-14(23-11-22-13)24-5-1-2-6-24/h3-4,7-8,11H,1-2,5-6,9-10H2,(H,21,22,23). The van der Waals surface area contributed by atoms with Crippen molar-refractivity contribution in [3.05, 3.63) is 36.3 Å². The van der Waals surface area contributed by atoms with Crippen LogP contribution in [0.25, 0.3) is 0 Å². The number of hydrogen-bond acceptors (Lipinski definition) is 6. The van der Waals surface area contributed by atoms with E-state index in [-0.39, 0.29) is 5.88 Å². The van der Waals surface area contributed by atoms with Crippen molar-refractivity contribution in [2.24, 2.45) is 0 Å². The second-order valence-electron chi connectivity index (χ2n) is 5.72. The van der Waals surface area contributed by atoms with Gasteiger partial charge in [-0.05, 0) is 24.5 Å². The van der Waals surface area contributed by atoms with Gasteiger partial charge in [0.05, 0.1) is 0 Å². The van der Waals surface area contributed by atoms with Gasteiger partial charge >= 0.3 is 6.18 Å². The third kappa shape index (κ3) is 5.20. The lowest BCUT2D eigenvalue weighted by Gasteiger charge is -2.16. The number of rotatable bonds is 6. The van der Waals surface area contributed by atoms with Crippen LogP contribution >= 0.6 is 0 Å². The molecule has 134 valence electrons. The van der Waals surface area contributed by atoms with Crippen molar-refractivity contribution < 1.29 is 17.9 Å². The molecule has 0 saturated carbocycles. The van der Waals surface area contributed by atoms with Gasteiger partial charge in [0.25, 0.3) is 0 Å². The minimum Gasteiger partial charge on any atom is -0.468 e. The summed E-state index contributed by atoms with van der Waals surface area (Å²) in [4.78, 5) is 14.4. The number of aromatic nitrogens is 3. The fourth-order valence-electron chi connectivity index (χ4n) is 2.55. The fraction of sp³-hybridized carbons (Fsp3) is 0.438. The number of anilines is 2. The monoisotopic (exact) mass is 353 g/mol. The Kier molecular flexibility index (Phi) is 5.20. The Morgan fingerprint density at radius 2 is 1.92 bits per heavy atom. The highest BCUT2D eigenvalue weighted by atomic mass is 19.4. The molecule has 1 fully saturated rings. The largest absolute Gasteiger partial charge is 0.468 e. The predicted molar refractivity (Wildman–Crippen MR) is 86.6 cm³/mol.